The molecular formula is C16H28N4O5. The van der Waals surface area contributed by atoms with E-state index in [2.05, 4.69) is 17.4 Å². The maximum absolute atomic E-state index is 12.8. The summed E-state index contributed by atoms with van der Waals surface area (Å²) in [6.07, 6.45) is 0.425. The van der Waals surface area contributed by atoms with Crippen LogP contribution in [0.25, 0.3) is 0 Å². The summed E-state index contributed by atoms with van der Waals surface area (Å²) in [5, 5.41) is 2.48. The monoisotopic (exact) mass is 356 g/mol. The number of nitrogens with two attached hydrogens (primary N) is 1. The molecule has 1 saturated heterocycles. The van der Waals surface area contributed by atoms with Crippen molar-refractivity contribution in [3.05, 3.63) is 12.3 Å². The highest BCUT2D eigenvalue weighted by molar-refractivity contribution is 5.91. The summed E-state index contributed by atoms with van der Waals surface area (Å²) >= 11 is 0. The first-order chi connectivity index (χ1) is 11.5. The predicted molar refractivity (Wildman–Crippen MR) is 91.0 cm³/mol. The molecule has 9 heteroatoms. The Morgan fingerprint density at radius 1 is 1.36 bits per heavy atom. The van der Waals surface area contributed by atoms with E-state index in [0.717, 1.165) is 0 Å². The molecule has 1 unspecified atom stereocenters. The molecule has 4 N–H and O–H groups in total. The van der Waals surface area contributed by atoms with Gasteiger partial charge in [-0.25, -0.2) is 4.79 Å². The molecule has 25 heavy (non-hydrogen) atoms. The summed E-state index contributed by atoms with van der Waals surface area (Å²) in [6, 6.07) is -1.70. The molecule has 0 bridgehead atoms. The second kappa shape index (κ2) is 8.70. The minimum absolute atomic E-state index is 0.160. The number of hydrogen-bond acceptors (Lipinski definition) is 6. The molecule has 9 nitrogen and oxygen atoms in total. The first kappa shape index (κ1) is 20.8. The number of likely N-dealkylation sites (tertiary alicyclic amines) is 1. The van der Waals surface area contributed by atoms with Gasteiger partial charge in [0.25, 0.3) is 0 Å². The van der Waals surface area contributed by atoms with E-state index in [-0.39, 0.29) is 6.61 Å². The van der Waals surface area contributed by atoms with Crippen LogP contribution in [0.15, 0.2) is 12.3 Å². The number of carbonyl (C=O) groups excluding carboxylic acids is 3. The van der Waals surface area contributed by atoms with Crippen molar-refractivity contribution in [3.8, 4) is 0 Å². The van der Waals surface area contributed by atoms with E-state index in [1.54, 1.807) is 27.7 Å². The van der Waals surface area contributed by atoms with Crippen LogP contribution in [0.4, 0.5) is 4.79 Å². The van der Waals surface area contributed by atoms with Gasteiger partial charge in [0, 0.05) is 12.2 Å². The SMILES string of the molecule is C=C(C)NOC[C@H](NC(=O)OC(C)(C)C)C(=O)N1CCCC1C(N)=O. The Labute approximate surface area is 147 Å². The fraction of sp³-hybridized carbons (Fsp3) is 0.688. The van der Waals surface area contributed by atoms with Crippen molar-refractivity contribution in [2.24, 2.45) is 5.73 Å². The lowest BCUT2D eigenvalue weighted by atomic mass is 10.2. The van der Waals surface area contributed by atoms with Crippen LogP contribution in [-0.2, 0) is 19.2 Å². The minimum atomic E-state index is -1.03. The second-order valence-electron chi connectivity index (χ2n) is 6.98. The van der Waals surface area contributed by atoms with Crippen molar-refractivity contribution in [1.82, 2.24) is 15.7 Å². The van der Waals surface area contributed by atoms with Crippen molar-refractivity contribution in [2.45, 2.75) is 58.2 Å². The van der Waals surface area contributed by atoms with E-state index >= 15 is 0 Å². The highest BCUT2D eigenvalue weighted by atomic mass is 16.6. The molecule has 1 aliphatic rings. The fourth-order valence-corrected chi connectivity index (χ4v) is 2.40. The minimum Gasteiger partial charge on any atom is -0.444 e. The molecule has 0 aromatic heterocycles. The molecule has 1 rings (SSSR count). The zero-order valence-corrected chi connectivity index (χ0v) is 15.3. The number of alkyl carbamates (subject to hydrolysis) is 1. The van der Waals surface area contributed by atoms with Crippen molar-refractivity contribution >= 4 is 17.9 Å². The third kappa shape index (κ3) is 7.00. The van der Waals surface area contributed by atoms with Crippen molar-refractivity contribution in [3.63, 3.8) is 0 Å². The number of primary amides is 1. The molecule has 0 spiro atoms. The third-order valence-electron chi connectivity index (χ3n) is 3.35. The molecule has 0 saturated carbocycles. The largest absolute Gasteiger partial charge is 0.444 e. The highest BCUT2D eigenvalue weighted by Crippen LogP contribution is 2.18. The molecule has 1 fully saturated rings. The molecule has 0 aromatic carbocycles. The number of amides is 3. The van der Waals surface area contributed by atoms with Crippen LogP contribution in [0.3, 0.4) is 0 Å². The summed E-state index contributed by atoms with van der Waals surface area (Å²) in [6.45, 7) is 10.7. The van der Waals surface area contributed by atoms with Gasteiger partial charge < -0.3 is 20.7 Å². The molecule has 3 amide bonds. The molecule has 2 atom stereocenters. The molecular weight excluding hydrogens is 328 g/mol. The van der Waals surface area contributed by atoms with E-state index in [9.17, 15) is 14.4 Å². The van der Waals surface area contributed by atoms with Gasteiger partial charge in [-0.05, 0) is 40.5 Å². The van der Waals surface area contributed by atoms with E-state index in [1.165, 1.54) is 4.90 Å². The lowest BCUT2D eigenvalue weighted by Crippen LogP contribution is -2.55. The Kier molecular flexibility index (Phi) is 7.22. The van der Waals surface area contributed by atoms with Gasteiger partial charge in [0.15, 0.2) is 0 Å². The van der Waals surface area contributed by atoms with Gasteiger partial charge in [0.2, 0.25) is 11.8 Å². The number of allylic oxidation sites excluding steroid dienone is 1. The zero-order valence-electron chi connectivity index (χ0n) is 15.3. The van der Waals surface area contributed by atoms with Crippen molar-refractivity contribution in [2.75, 3.05) is 13.2 Å². The Morgan fingerprint density at radius 3 is 2.52 bits per heavy atom. The van der Waals surface area contributed by atoms with Gasteiger partial charge in [-0.15, -0.1) is 0 Å². The number of nitrogens with zero attached hydrogens (tertiary/aromatic N) is 1. The summed E-state index contributed by atoms with van der Waals surface area (Å²) in [7, 11) is 0. The van der Waals surface area contributed by atoms with Gasteiger partial charge >= 0.3 is 6.09 Å². The van der Waals surface area contributed by atoms with E-state index < -0.39 is 35.6 Å². The average Bonchev–Trinajstić information content (AvgIpc) is 2.92. The quantitative estimate of drug-likeness (QED) is 0.568. The normalized spacial score (nSPS) is 18.4. The van der Waals surface area contributed by atoms with Gasteiger partial charge in [0.05, 0.1) is 0 Å². The first-order valence-corrected chi connectivity index (χ1v) is 8.14. The van der Waals surface area contributed by atoms with Crippen LogP contribution in [0.1, 0.15) is 40.5 Å². The summed E-state index contributed by atoms with van der Waals surface area (Å²) in [5.74, 6) is -1.02. The van der Waals surface area contributed by atoms with Crippen LogP contribution < -0.4 is 16.5 Å². The number of nitrogens with one attached hydrogen (secondary N) is 2. The van der Waals surface area contributed by atoms with Gasteiger partial charge in [0.1, 0.15) is 24.3 Å². The average molecular weight is 356 g/mol. The van der Waals surface area contributed by atoms with Gasteiger partial charge in [-0.1, -0.05) is 6.58 Å². The van der Waals surface area contributed by atoms with E-state index in [1.807, 2.05) is 0 Å². The Morgan fingerprint density at radius 2 is 2.00 bits per heavy atom. The van der Waals surface area contributed by atoms with E-state index in [0.29, 0.717) is 25.1 Å². The van der Waals surface area contributed by atoms with Crippen LogP contribution in [0.5, 0.6) is 0 Å². The molecule has 142 valence electrons. The fourth-order valence-electron chi connectivity index (χ4n) is 2.40. The third-order valence-corrected chi connectivity index (χ3v) is 3.35. The maximum Gasteiger partial charge on any atom is 0.408 e. The molecule has 1 aliphatic heterocycles. The van der Waals surface area contributed by atoms with Crippen molar-refractivity contribution in [1.29, 1.82) is 0 Å². The van der Waals surface area contributed by atoms with Crippen LogP contribution in [0, 0.1) is 0 Å². The number of hydroxylamine groups is 1. The standard InChI is InChI=1S/C16H28N4O5/c1-10(2)19-24-9-11(18-15(23)25-16(3,4)5)14(22)20-8-6-7-12(20)13(17)21/h11-12,19H,1,6-9H2,2-5H3,(H2,17,21)(H,18,23)/t11-,12?/m0/s1. The van der Waals surface area contributed by atoms with Gasteiger partial charge in [-0.3, -0.25) is 19.9 Å². The topological polar surface area (TPSA) is 123 Å². The van der Waals surface area contributed by atoms with Crippen LogP contribution in [0.2, 0.25) is 0 Å². The summed E-state index contributed by atoms with van der Waals surface area (Å²) < 4.78 is 5.18. The summed E-state index contributed by atoms with van der Waals surface area (Å²) in [4.78, 5) is 42.8. The first-order valence-electron chi connectivity index (χ1n) is 8.14. The van der Waals surface area contributed by atoms with E-state index in [4.69, 9.17) is 15.3 Å². The maximum atomic E-state index is 12.8. The number of hydrogen-bond donors (Lipinski definition) is 3. The van der Waals surface area contributed by atoms with Gasteiger partial charge in [-0.2, -0.15) is 0 Å². The Hall–Kier alpha value is -2.29. The number of rotatable bonds is 7. The lowest BCUT2D eigenvalue weighted by Gasteiger charge is -2.28. The molecule has 0 aliphatic carbocycles. The summed E-state index contributed by atoms with van der Waals surface area (Å²) in [5.41, 5.74) is 7.71. The zero-order chi connectivity index (χ0) is 19.2. The highest BCUT2D eigenvalue weighted by Gasteiger charge is 2.37. The lowest BCUT2D eigenvalue weighted by molar-refractivity contribution is -0.140. The molecule has 0 aromatic rings. The Bertz CT molecular complexity index is 529. The number of carbonyl (C=O) groups is 3. The Balaban J connectivity index is 2.81. The second-order valence-corrected chi connectivity index (χ2v) is 6.98. The van der Waals surface area contributed by atoms with Crippen molar-refractivity contribution < 1.29 is 24.0 Å². The van der Waals surface area contributed by atoms with Crippen LogP contribution >= 0.6 is 0 Å². The van der Waals surface area contributed by atoms with Crippen LogP contribution in [-0.4, -0.2) is 53.6 Å². The molecule has 1 heterocycles. The number of ether oxygens (including phenoxy) is 1. The smallest absolute Gasteiger partial charge is 0.408 e. The predicted octanol–water partition coefficient (Wildman–Crippen LogP) is 0.411. The molecule has 0 radical (unpaired) electrons.